The molecule has 2 N–H and O–H groups in total. The van der Waals surface area contributed by atoms with E-state index in [0.29, 0.717) is 32.8 Å². The van der Waals surface area contributed by atoms with Crippen molar-refractivity contribution in [3.63, 3.8) is 0 Å². The second kappa shape index (κ2) is 10.1. The van der Waals surface area contributed by atoms with E-state index in [1.165, 1.54) is 4.90 Å². The van der Waals surface area contributed by atoms with Crippen molar-refractivity contribution in [2.45, 2.75) is 45.0 Å². The first-order valence-corrected chi connectivity index (χ1v) is 11.9. The van der Waals surface area contributed by atoms with Gasteiger partial charge in [-0.1, -0.05) is 24.3 Å². The number of hydrogen-bond acceptors (Lipinski definition) is 7. The highest BCUT2D eigenvalue weighted by Crippen LogP contribution is 2.27. The molecule has 1 aromatic heterocycles. The van der Waals surface area contributed by atoms with Crippen LogP contribution in [-0.2, 0) is 20.9 Å². The first kappa shape index (κ1) is 22.8. The van der Waals surface area contributed by atoms with Gasteiger partial charge < -0.3 is 20.1 Å². The molecule has 3 heterocycles. The number of thiazole rings is 1. The second-order valence-corrected chi connectivity index (χ2v) is 9.26. The molecule has 2 aliphatic heterocycles. The van der Waals surface area contributed by atoms with Crippen molar-refractivity contribution in [2.75, 3.05) is 32.8 Å². The van der Waals surface area contributed by atoms with Crippen LogP contribution in [0.25, 0.3) is 10.4 Å². The minimum atomic E-state index is -0.687. The fourth-order valence-corrected chi connectivity index (χ4v) is 5.14. The number of nitrogens with one attached hydrogen (secondary N) is 1. The largest absolute Gasteiger partial charge is 0.391 e. The molecule has 1 aromatic carbocycles. The van der Waals surface area contributed by atoms with E-state index >= 15 is 0 Å². The van der Waals surface area contributed by atoms with Crippen LogP contribution in [0.5, 0.6) is 0 Å². The van der Waals surface area contributed by atoms with Gasteiger partial charge in [0.05, 0.1) is 41.4 Å². The highest BCUT2D eigenvalue weighted by Gasteiger charge is 2.41. The van der Waals surface area contributed by atoms with E-state index in [4.69, 9.17) is 4.74 Å². The van der Waals surface area contributed by atoms with Gasteiger partial charge in [0.25, 0.3) is 0 Å². The Bertz CT molecular complexity index is 942. The number of nitrogens with zero attached hydrogens (tertiary/aromatic N) is 3. The molecular formula is C23H30N4O4S. The lowest BCUT2D eigenvalue weighted by molar-refractivity contribution is -0.143. The molecule has 0 radical (unpaired) electrons. The summed E-state index contributed by atoms with van der Waals surface area (Å²) in [5, 5.41) is 13.1. The average molecular weight is 459 g/mol. The smallest absolute Gasteiger partial charge is 0.243 e. The summed E-state index contributed by atoms with van der Waals surface area (Å²) in [6.45, 7) is 7.00. The van der Waals surface area contributed by atoms with E-state index in [1.807, 2.05) is 43.6 Å². The number of aromatic nitrogens is 1. The van der Waals surface area contributed by atoms with Crippen molar-refractivity contribution >= 4 is 23.2 Å². The summed E-state index contributed by atoms with van der Waals surface area (Å²) in [5.41, 5.74) is 4.92. The Morgan fingerprint density at radius 2 is 2.00 bits per heavy atom. The summed E-state index contributed by atoms with van der Waals surface area (Å²) >= 11 is 1.61. The Kier molecular flexibility index (Phi) is 7.20. The number of β-amino-alcohol motifs (C(OH)–C–C–N with tert-alkyl or cyclic N) is 1. The third-order valence-electron chi connectivity index (χ3n) is 6.24. The summed E-state index contributed by atoms with van der Waals surface area (Å²) in [4.78, 5) is 35.1. The molecular weight excluding hydrogens is 428 g/mol. The van der Waals surface area contributed by atoms with Gasteiger partial charge in [0.1, 0.15) is 6.04 Å². The molecule has 2 amide bonds. The molecule has 2 aliphatic rings. The van der Waals surface area contributed by atoms with E-state index in [2.05, 4.69) is 15.2 Å². The van der Waals surface area contributed by atoms with Gasteiger partial charge in [-0.05, 0) is 25.0 Å². The zero-order chi connectivity index (χ0) is 22.7. The number of carbonyl (C=O) groups is 2. The van der Waals surface area contributed by atoms with Crippen LogP contribution < -0.4 is 5.32 Å². The molecule has 32 heavy (non-hydrogen) atoms. The Morgan fingerprint density at radius 1 is 1.28 bits per heavy atom. The summed E-state index contributed by atoms with van der Waals surface area (Å²) in [6, 6.07) is 7.04. The maximum Gasteiger partial charge on any atom is 0.243 e. The van der Waals surface area contributed by atoms with E-state index < -0.39 is 12.1 Å². The minimum absolute atomic E-state index is 0.118. The molecule has 1 unspecified atom stereocenters. The molecule has 8 nitrogen and oxygen atoms in total. The number of rotatable bonds is 6. The monoisotopic (exact) mass is 458 g/mol. The van der Waals surface area contributed by atoms with Crippen molar-refractivity contribution in [1.29, 1.82) is 0 Å². The predicted molar refractivity (Wildman–Crippen MR) is 122 cm³/mol. The van der Waals surface area contributed by atoms with Crippen molar-refractivity contribution < 1.29 is 19.4 Å². The molecule has 0 spiro atoms. The Hall–Kier alpha value is -2.33. The van der Waals surface area contributed by atoms with E-state index in [1.54, 1.807) is 11.3 Å². The minimum Gasteiger partial charge on any atom is -0.391 e. The van der Waals surface area contributed by atoms with Gasteiger partial charge in [-0.2, -0.15) is 0 Å². The van der Waals surface area contributed by atoms with E-state index in [9.17, 15) is 14.7 Å². The van der Waals surface area contributed by atoms with Gasteiger partial charge in [0.2, 0.25) is 11.8 Å². The van der Waals surface area contributed by atoms with Crippen LogP contribution in [0.3, 0.4) is 0 Å². The maximum atomic E-state index is 13.1. The zero-order valence-corrected chi connectivity index (χ0v) is 19.3. The molecule has 0 aliphatic carbocycles. The number of morpholine rings is 1. The van der Waals surface area contributed by atoms with Crippen molar-refractivity contribution in [1.82, 2.24) is 20.1 Å². The quantitative estimate of drug-likeness (QED) is 0.680. The van der Waals surface area contributed by atoms with Gasteiger partial charge in [0.15, 0.2) is 0 Å². The van der Waals surface area contributed by atoms with Gasteiger partial charge in [-0.15, -0.1) is 11.3 Å². The predicted octanol–water partition coefficient (Wildman–Crippen LogP) is 1.42. The standard InChI is InChI=1S/C23H30N4O4S/c1-15-21(32-14-25-15)18-5-3-17(4-6-18)12-24-22(29)20-11-19(28)13-27(20)23(30)16(2)26-7-9-31-10-8-26/h3-6,14,16,19-20,28H,7-13H2,1-2H3,(H,24,29)/t16?,19-,20+/m1/s1. The van der Waals surface area contributed by atoms with Gasteiger partial charge >= 0.3 is 0 Å². The number of carbonyl (C=O) groups excluding carboxylic acids is 2. The fraction of sp³-hybridized carbons (Fsp3) is 0.522. The number of benzene rings is 1. The highest BCUT2D eigenvalue weighted by molar-refractivity contribution is 7.13. The average Bonchev–Trinajstić information content (AvgIpc) is 3.43. The topological polar surface area (TPSA) is 95.0 Å². The SMILES string of the molecule is Cc1ncsc1-c1ccc(CNC(=O)[C@@H]2C[C@@H](O)CN2C(=O)C(C)N2CCOCC2)cc1. The molecule has 3 atom stereocenters. The summed E-state index contributed by atoms with van der Waals surface area (Å²) in [6.07, 6.45) is -0.426. The molecule has 172 valence electrons. The molecule has 9 heteroatoms. The van der Waals surface area contributed by atoms with Gasteiger partial charge in [-0.3, -0.25) is 14.5 Å². The van der Waals surface area contributed by atoms with Crippen LogP contribution in [0.1, 0.15) is 24.6 Å². The van der Waals surface area contributed by atoms with Crippen LogP contribution in [0, 0.1) is 6.92 Å². The molecule has 0 bridgehead atoms. The number of likely N-dealkylation sites (tertiary alicyclic amines) is 1. The van der Waals surface area contributed by atoms with E-state index in [-0.39, 0.29) is 30.8 Å². The van der Waals surface area contributed by atoms with Crippen molar-refractivity contribution in [3.05, 3.63) is 41.0 Å². The second-order valence-electron chi connectivity index (χ2n) is 8.40. The number of hydrogen-bond donors (Lipinski definition) is 2. The normalized spacial score (nSPS) is 22.7. The van der Waals surface area contributed by atoms with E-state index in [0.717, 1.165) is 21.7 Å². The summed E-state index contributed by atoms with van der Waals surface area (Å²) in [7, 11) is 0. The number of ether oxygens (including phenoxy) is 1. The Balaban J connectivity index is 1.36. The Labute approximate surface area is 192 Å². The van der Waals surface area contributed by atoms with Crippen LogP contribution in [-0.4, -0.2) is 82.7 Å². The lowest BCUT2D eigenvalue weighted by Gasteiger charge is -2.35. The Morgan fingerprint density at radius 3 is 2.66 bits per heavy atom. The molecule has 0 saturated carbocycles. The van der Waals surface area contributed by atoms with Crippen molar-refractivity contribution in [2.24, 2.45) is 0 Å². The molecule has 4 rings (SSSR count). The third-order valence-corrected chi connectivity index (χ3v) is 7.22. The molecule has 2 fully saturated rings. The zero-order valence-electron chi connectivity index (χ0n) is 18.5. The first-order valence-electron chi connectivity index (χ1n) is 11.0. The number of amides is 2. The van der Waals surface area contributed by atoms with Crippen LogP contribution >= 0.6 is 11.3 Å². The van der Waals surface area contributed by atoms with Crippen LogP contribution in [0.4, 0.5) is 0 Å². The first-order chi connectivity index (χ1) is 15.4. The third kappa shape index (κ3) is 5.01. The lowest BCUT2D eigenvalue weighted by atomic mass is 10.1. The highest BCUT2D eigenvalue weighted by atomic mass is 32.1. The summed E-state index contributed by atoms with van der Waals surface area (Å²) < 4.78 is 5.37. The number of aliphatic hydroxyl groups is 1. The fourth-order valence-electron chi connectivity index (χ4n) is 4.33. The van der Waals surface area contributed by atoms with Gasteiger partial charge in [0, 0.05) is 32.6 Å². The number of aliphatic hydroxyl groups excluding tert-OH is 1. The van der Waals surface area contributed by atoms with Crippen LogP contribution in [0.2, 0.25) is 0 Å². The maximum absolute atomic E-state index is 13.1. The van der Waals surface area contributed by atoms with Crippen LogP contribution in [0.15, 0.2) is 29.8 Å². The number of aryl methyl sites for hydroxylation is 1. The molecule has 2 saturated heterocycles. The lowest BCUT2D eigenvalue weighted by Crippen LogP contribution is -2.54. The molecule has 2 aromatic rings. The summed E-state index contributed by atoms with van der Waals surface area (Å²) in [5.74, 6) is -0.348. The van der Waals surface area contributed by atoms with Gasteiger partial charge in [-0.25, -0.2) is 4.98 Å². The van der Waals surface area contributed by atoms with Crippen molar-refractivity contribution in [3.8, 4) is 10.4 Å².